The average Bonchev–Trinajstić information content (AvgIpc) is 2.73. The van der Waals surface area contributed by atoms with Gasteiger partial charge in [0.15, 0.2) is 17.2 Å². The maximum Gasteiger partial charge on any atom is 0.530 e. The molecule has 0 aliphatic heterocycles. The number of rotatable bonds is 6. The molecule has 31 heavy (non-hydrogen) atoms. The van der Waals surface area contributed by atoms with Gasteiger partial charge in [-0.25, -0.2) is 0 Å². The highest BCUT2D eigenvalue weighted by Gasteiger charge is 2.28. The van der Waals surface area contributed by atoms with E-state index in [0.717, 1.165) is 40.3 Å². The van der Waals surface area contributed by atoms with Gasteiger partial charge >= 0.3 is 8.60 Å². The summed E-state index contributed by atoms with van der Waals surface area (Å²) in [4.78, 5) is 0. The number of hydrogen-bond acceptors (Lipinski definition) is 3. The molecular formula is C18H6Br9O3P. The molecule has 0 saturated heterocycles. The summed E-state index contributed by atoms with van der Waals surface area (Å²) in [7, 11) is -1.97. The van der Waals surface area contributed by atoms with Crippen LogP contribution in [-0.4, -0.2) is 0 Å². The van der Waals surface area contributed by atoms with Gasteiger partial charge in [0, 0.05) is 13.4 Å². The Kier molecular flexibility index (Phi) is 10.8. The molecule has 0 amide bonds. The van der Waals surface area contributed by atoms with E-state index in [2.05, 4.69) is 143 Å². The van der Waals surface area contributed by atoms with Crippen LogP contribution in [0.25, 0.3) is 0 Å². The molecule has 0 spiro atoms. The molecule has 0 aliphatic carbocycles. The summed E-state index contributed by atoms with van der Waals surface area (Å²) in [6, 6.07) is 11.3. The molecule has 0 saturated carbocycles. The van der Waals surface area contributed by atoms with E-state index < -0.39 is 8.60 Å². The number of halogens is 9. The molecule has 0 N–H and O–H groups in total. The van der Waals surface area contributed by atoms with Crippen molar-refractivity contribution in [2.24, 2.45) is 0 Å². The molecule has 164 valence electrons. The average molecular weight is 1020 g/mol. The third-order valence-electron chi connectivity index (χ3n) is 3.50. The van der Waals surface area contributed by atoms with Crippen molar-refractivity contribution >= 4 is 152 Å². The van der Waals surface area contributed by atoms with E-state index in [9.17, 15) is 0 Å². The van der Waals surface area contributed by atoms with Crippen LogP contribution in [0, 0.1) is 0 Å². The standard InChI is InChI=1S/C18H6Br9O3P/c19-7-1-4-10(22)16(13(7)25)28-31(29-17-11(23)5-2-8(20)14(17)26)30-18-12(24)6-3-9(21)15(18)27/h1-6H. The van der Waals surface area contributed by atoms with Crippen LogP contribution in [0.3, 0.4) is 0 Å². The Morgan fingerprint density at radius 2 is 0.613 bits per heavy atom. The summed E-state index contributed by atoms with van der Waals surface area (Å²) >= 11 is 31.8. The largest absolute Gasteiger partial charge is 0.530 e. The maximum atomic E-state index is 6.25. The van der Waals surface area contributed by atoms with Crippen LogP contribution in [0.2, 0.25) is 0 Å². The molecule has 0 aromatic heterocycles. The Bertz CT molecular complexity index is 1000. The second kappa shape index (κ2) is 12.2. The van der Waals surface area contributed by atoms with Gasteiger partial charge in [-0.1, -0.05) is 0 Å². The second-order valence-corrected chi connectivity index (χ2v) is 14.0. The lowest BCUT2D eigenvalue weighted by molar-refractivity contribution is 0.382. The van der Waals surface area contributed by atoms with Crippen LogP contribution in [-0.2, 0) is 0 Å². The highest BCUT2D eigenvalue weighted by Crippen LogP contribution is 2.53. The SMILES string of the molecule is Brc1ccc(Br)c(OP(Oc2c(Br)ccc(Br)c2Br)Oc2c(Br)ccc(Br)c2Br)c1Br. The fraction of sp³-hybridized carbons (Fsp3) is 0. The molecular weight excluding hydrogens is 1010 g/mol. The minimum Gasteiger partial charge on any atom is -0.406 e. The molecule has 0 radical (unpaired) electrons. The normalized spacial score (nSPS) is 11.0. The fourth-order valence-corrected chi connectivity index (χ4v) is 8.18. The van der Waals surface area contributed by atoms with E-state index in [1.54, 1.807) is 0 Å². The Morgan fingerprint density at radius 3 is 0.871 bits per heavy atom. The zero-order valence-corrected chi connectivity index (χ0v) is 29.7. The molecule has 13 heteroatoms. The lowest BCUT2D eigenvalue weighted by Gasteiger charge is -2.22. The molecule has 0 atom stereocenters. The molecule has 0 aliphatic rings. The van der Waals surface area contributed by atoms with E-state index in [0.29, 0.717) is 17.2 Å². The van der Waals surface area contributed by atoms with Crippen molar-refractivity contribution in [2.45, 2.75) is 0 Å². The first-order chi connectivity index (χ1) is 14.6. The molecule has 3 aromatic rings. The van der Waals surface area contributed by atoms with Gasteiger partial charge in [0.25, 0.3) is 0 Å². The monoisotopic (exact) mass is 1010 g/mol. The summed E-state index contributed by atoms with van der Waals surface area (Å²) < 4.78 is 25.6. The molecule has 0 unspecified atom stereocenters. The van der Waals surface area contributed by atoms with Crippen molar-refractivity contribution < 1.29 is 13.6 Å². The van der Waals surface area contributed by atoms with Crippen molar-refractivity contribution in [2.75, 3.05) is 0 Å². The van der Waals surface area contributed by atoms with Crippen molar-refractivity contribution in [1.82, 2.24) is 0 Å². The van der Waals surface area contributed by atoms with Crippen LogP contribution in [0.4, 0.5) is 0 Å². The highest BCUT2D eigenvalue weighted by atomic mass is 79.9. The molecule has 0 bridgehead atoms. The molecule has 3 nitrogen and oxygen atoms in total. The van der Waals surface area contributed by atoms with Gasteiger partial charge in [0.1, 0.15) is 0 Å². The van der Waals surface area contributed by atoms with Crippen LogP contribution >= 0.6 is 152 Å². The first-order valence-corrected chi connectivity index (χ1v) is 16.1. The zero-order chi connectivity index (χ0) is 22.9. The van der Waals surface area contributed by atoms with Gasteiger partial charge in [0.05, 0.1) is 26.8 Å². The third kappa shape index (κ3) is 6.73. The van der Waals surface area contributed by atoms with E-state index in [4.69, 9.17) is 13.6 Å². The van der Waals surface area contributed by atoms with Gasteiger partial charge in [-0.2, -0.15) is 0 Å². The van der Waals surface area contributed by atoms with E-state index >= 15 is 0 Å². The zero-order valence-electron chi connectivity index (χ0n) is 14.5. The smallest absolute Gasteiger partial charge is 0.406 e. The third-order valence-corrected chi connectivity index (χ3v) is 12.3. The Morgan fingerprint density at radius 1 is 0.387 bits per heavy atom. The highest BCUT2D eigenvalue weighted by molar-refractivity contribution is 9.14. The molecule has 3 rings (SSSR count). The van der Waals surface area contributed by atoms with E-state index in [1.807, 2.05) is 36.4 Å². The minimum absolute atomic E-state index is 0.532. The predicted molar refractivity (Wildman–Crippen MR) is 157 cm³/mol. The molecule has 3 aromatic carbocycles. The first kappa shape index (κ1) is 27.4. The van der Waals surface area contributed by atoms with Crippen molar-refractivity contribution in [3.63, 3.8) is 0 Å². The molecule has 0 fully saturated rings. The first-order valence-electron chi connectivity index (χ1n) is 7.84. The summed E-state index contributed by atoms with van der Waals surface area (Å²) in [5, 5.41) is 0. The van der Waals surface area contributed by atoms with Crippen molar-refractivity contribution in [3.05, 3.63) is 76.7 Å². The van der Waals surface area contributed by atoms with Gasteiger partial charge in [-0.15, -0.1) is 0 Å². The lowest BCUT2D eigenvalue weighted by Crippen LogP contribution is -2.05. The maximum absolute atomic E-state index is 6.25. The summed E-state index contributed by atoms with van der Waals surface area (Å²) in [5.41, 5.74) is 0. The Balaban J connectivity index is 2.06. The topological polar surface area (TPSA) is 27.7 Å². The van der Waals surface area contributed by atoms with Crippen molar-refractivity contribution in [1.29, 1.82) is 0 Å². The Labute approximate surface area is 255 Å². The van der Waals surface area contributed by atoms with Crippen LogP contribution in [0.1, 0.15) is 0 Å². The van der Waals surface area contributed by atoms with Gasteiger partial charge in [-0.05, 0) is 180 Å². The number of benzene rings is 3. The van der Waals surface area contributed by atoms with E-state index in [-0.39, 0.29) is 0 Å². The van der Waals surface area contributed by atoms with Crippen LogP contribution in [0.5, 0.6) is 17.2 Å². The number of hydrogen-bond donors (Lipinski definition) is 0. The van der Waals surface area contributed by atoms with Gasteiger partial charge in [-0.3, -0.25) is 0 Å². The summed E-state index contributed by atoms with van der Waals surface area (Å²) in [6.45, 7) is 0. The fourth-order valence-electron chi connectivity index (χ4n) is 2.06. The van der Waals surface area contributed by atoms with Gasteiger partial charge < -0.3 is 13.6 Å². The minimum atomic E-state index is -1.97. The summed E-state index contributed by atoms with van der Waals surface area (Å²) in [5.74, 6) is 1.60. The Hall–Kier alpha value is 1.81. The predicted octanol–water partition coefficient (Wildman–Crippen LogP) is 12.3. The lowest BCUT2D eigenvalue weighted by atomic mass is 10.3. The van der Waals surface area contributed by atoms with Crippen molar-refractivity contribution in [3.8, 4) is 17.2 Å². The van der Waals surface area contributed by atoms with E-state index in [1.165, 1.54) is 0 Å². The summed E-state index contributed by atoms with van der Waals surface area (Å²) in [6.07, 6.45) is 0. The van der Waals surface area contributed by atoms with Crippen LogP contribution in [0.15, 0.2) is 76.7 Å². The second-order valence-electron chi connectivity index (χ2n) is 5.51. The quantitative estimate of drug-likeness (QED) is 0.182. The molecule has 0 heterocycles. The van der Waals surface area contributed by atoms with Gasteiger partial charge in [0.2, 0.25) is 0 Å². The van der Waals surface area contributed by atoms with Crippen LogP contribution < -0.4 is 13.6 Å².